The first-order valence-corrected chi connectivity index (χ1v) is 6.50. The fourth-order valence-corrected chi connectivity index (χ4v) is 1.94. The summed E-state index contributed by atoms with van der Waals surface area (Å²) in [6.07, 6.45) is 1.46. The Bertz CT molecular complexity index is 668. The molecule has 0 aliphatic heterocycles. The molecule has 0 saturated carbocycles. The smallest absolute Gasteiger partial charge is 0.363 e. The fourth-order valence-electron chi connectivity index (χ4n) is 1.94. The van der Waals surface area contributed by atoms with E-state index in [2.05, 4.69) is 9.72 Å². The number of nitro groups is 1. The number of esters is 1. The summed E-state index contributed by atoms with van der Waals surface area (Å²) in [6, 6.07) is 10.1. The first-order chi connectivity index (χ1) is 10.5. The molecule has 1 heterocycles. The van der Waals surface area contributed by atoms with E-state index in [0.29, 0.717) is 12.1 Å². The highest BCUT2D eigenvalue weighted by molar-refractivity contribution is 5.89. The Hall–Kier alpha value is -2.96. The highest BCUT2D eigenvalue weighted by Gasteiger charge is 2.10. The van der Waals surface area contributed by atoms with Crippen molar-refractivity contribution < 1.29 is 14.5 Å². The zero-order valence-electron chi connectivity index (χ0n) is 12.2. The van der Waals surface area contributed by atoms with Gasteiger partial charge in [-0.25, -0.2) is 4.79 Å². The predicted octanol–water partition coefficient (Wildman–Crippen LogP) is 2.41. The van der Waals surface area contributed by atoms with E-state index in [-0.39, 0.29) is 11.8 Å². The molecule has 0 spiro atoms. The van der Waals surface area contributed by atoms with Crippen molar-refractivity contribution in [2.24, 2.45) is 0 Å². The van der Waals surface area contributed by atoms with E-state index in [1.165, 1.54) is 19.4 Å². The van der Waals surface area contributed by atoms with Gasteiger partial charge in [0.1, 0.15) is 0 Å². The Morgan fingerprint density at radius 1 is 1.27 bits per heavy atom. The third kappa shape index (κ3) is 3.57. The number of hydrogen-bond donors (Lipinski definition) is 0. The molecule has 0 N–H and O–H groups in total. The summed E-state index contributed by atoms with van der Waals surface area (Å²) in [4.78, 5) is 27.1. The maximum atomic E-state index is 11.4. The Morgan fingerprint density at radius 2 is 1.95 bits per heavy atom. The molecule has 0 saturated heterocycles. The number of rotatable bonds is 5. The highest BCUT2D eigenvalue weighted by Crippen LogP contribution is 2.17. The van der Waals surface area contributed by atoms with Crippen LogP contribution in [0.1, 0.15) is 15.9 Å². The maximum absolute atomic E-state index is 11.4. The van der Waals surface area contributed by atoms with Gasteiger partial charge in [-0.05, 0) is 33.7 Å². The molecule has 22 heavy (non-hydrogen) atoms. The van der Waals surface area contributed by atoms with E-state index in [4.69, 9.17) is 0 Å². The van der Waals surface area contributed by atoms with Crippen molar-refractivity contribution in [2.75, 3.05) is 19.1 Å². The van der Waals surface area contributed by atoms with Gasteiger partial charge in [0, 0.05) is 19.7 Å². The standard InChI is InChI=1S/C15H15N3O4/c1-17(13-7-8-14(16-9-13)18(20)21)10-11-3-5-12(6-4-11)15(19)22-2/h3-9H,10H2,1-2H3. The number of hydrogen-bond acceptors (Lipinski definition) is 6. The third-order valence-electron chi connectivity index (χ3n) is 3.15. The molecule has 0 bridgehead atoms. The molecule has 1 aromatic heterocycles. The van der Waals surface area contributed by atoms with Crippen molar-refractivity contribution in [2.45, 2.75) is 6.54 Å². The average Bonchev–Trinajstić information content (AvgIpc) is 2.54. The van der Waals surface area contributed by atoms with Crippen LogP contribution in [0.2, 0.25) is 0 Å². The molecule has 1 aromatic carbocycles. The number of pyridine rings is 1. The van der Waals surface area contributed by atoms with E-state index in [9.17, 15) is 14.9 Å². The summed E-state index contributed by atoms with van der Waals surface area (Å²) in [5, 5.41) is 10.6. The number of nitrogens with zero attached hydrogens (tertiary/aromatic N) is 3. The SMILES string of the molecule is COC(=O)c1ccc(CN(C)c2ccc([N+](=O)[O-])nc2)cc1. The minimum absolute atomic E-state index is 0.181. The van der Waals surface area contributed by atoms with Gasteiger partial charge in [-0.15, -0.1) is 0 Å². The van der Waals surface area contributed by atoms with E-state index < -0.39 is 4.92 Å². The molecular formula is C15H15N3O4. The minimum Gasteiger partial charge on any atom is -0.465 e. The van der Waals surface area contributed by atoms with E-state index in [1.54, 1.807) is 18.2 Å². The highest BCUT2D eigenvalue weighted by atomic mass is 16.6. The summed E-state index contributed by atoms with van der Waals surface area (Å²) < 4.78 is 4.64. The molecule has 0 amide bonds. The maximum Gasteiger partial charge on any atom is 0.363 e. The topological polar surface area (TPSA) is 85.6 Å². The molecule has 114 valence electrons. The van der Waals surface area contributed by atoms with Gasteiger partial charge in [-0.3, -0.25) is 0 Å². The fraction of sp³-hybridized carbons (Fsp3) is 0.200. The van der Waals surface area contributed by atoms with Gasteiger partial charge in [-0.2, -0.15) is 0 Å². The lowest BCUT2D eigenvalue weighted by Gasteiger charge is -2.17. The van der Waals surface area contributed by atoms with Crippen LogP contribution in [0.3, 0.4) is 0 Å². The van der Waals surface area contributed by atoms with Crippen LogP contribution in [0.4, 0.5) is 11.5 Å². The Labute approximate surface area is 127 Å². The molecule has 0 unspecified atom stereocenters. The first kappa shape index (κ1) is 15.4. The van der Waals surface area contributed by atoms with Crippen molar-refractivity contribution in [1.82, 2.24) is 4.98 Å². The number of carbonyl (C=O) groups is 1. The van der Waals surface area contributed by atoms with Crippen LogP contribution in [-0.2, 0) is 11.3 Å². The van der Waals surface area contributed by atoms with Crippen LogP contribution in [0.25, 0.3) is 0 Å². The normalized spacial score (nSPS) is 10.1. The predicted molar refractivity (Wildman–Crippen MR) is 80.8 cm³/mol. The number of ether oxygens (including phenoxy) is 1. The van der Waals surface area contributed by atoms with Crippen molar-refractivity contribution in [3.63, 3.8) is 0 Å². The molecule has 0 atom stereocenters. The lowest BCUT2D eigenvalue weighted by Crippen LogP contribution is -2.16. The quantitative estimate of drug-likeness (QED) is 0.479. The van der Waals surface area contributed by atoms with Gasteiger partial charge in [0.25, 0.3) is 0 Å². The first-order valence-electron chi connectivity index (χ1n) is 6.50. The van der Waals surface area contributed by atoms with E-state index >= 15 is 0 Å². The zero-order valence-corrected chi connectivity index (χ0v) is 12.2. The van der Waals surface area contributed by atoms with E-state index in [1.807, 2.05) is 24.1 Å². The van der Waals surface area contributed by atoms with Crippen LogP contribution in [0.15, 0.2) is 42.6 Å². The molecular weight excluding hydrogens is 286 g/mol. The molecule has 2 rings (SSSR count). The summed E-state index contributed by atoms with van der Waals surface area (Å²) in [5.74, 6) is -0.556. The zero-order chi connectivity index (χ0) is 16.1. The molecule has 7 heteroatoms. The molecule has 0 aliphatic rings. The Balaban J connectivity index is 2.06. The molecule has 2 aromatic rings. The second kappa shape index (κ2) is 6.66. The van der Waals surface area contributed by atoms with Crippen molar-refractivity contribution >= 4 is 17.5 Å². The van der Waals surface area contributed by atoms with Gasteiger partial charge in [-0.1, -0.05) is 12.1 Å². The lowest BCUT2D eigenvalue weighted by molar-refractivity contribution is -0.389. The summed E-state index contributed by atoms with van der Waals surface area (Å²) in [6.45, 7) is 0.584. The molecule has 0 fully saturated rings. The van der Waals surface area contributed by atoms with Gasteiger partial charge in [0.05, 0.1) is 18.4 Å². The van der Waals surface area contributed by atoms with Crippen LogP contribution in [-0.4, -0.2) is 30.0 Å². The van der Waals surface area contributed by atoms with Crippen LogP contribution >= 0.6 is 0 Å². The molecule has 7 nitrogen and oxygen atoms in total. The number of anilines is 1. The second-order valence-electron chi connectivity index (χ2n) is 4.68. The summed E-state index contributed by atoms with van der Waals surface area (Å²) >= 11 is 0. The Morgan fingerprint density at radius 3 is 2.45 bits per heavy atom. The van der Waals surface area contributed by atoms with Crippen LogP contribution in [0.5, 0.6) is 0 Å². The third-order valence-corrected chi connectivity index (χ3v) is 3.15. The molecule has 0 radical (unpaired) electrons. The van der Waals surface area contributed by atoms with Crippen molar-refractivity contribution in [3.8, 4) is 0 Å². The monoisotopic (exact) mass is 301 g/mol. The van der Waals surface area contributed by atoms with Crippen LogP contribution in [0, 0.1) is 10.1 Å². The largest absolute Gasteiger partial charge is 0.465 e. The van der Waals surface area contributed by atoms with Gasteiger partial charge >= 0.3 is 11.8 Å². The molecule has 0 aliphatic carbocycles. The number of aromatic nitrogens is 1. The lowest BCUT2D eigenvalue weighted by atomic mass is 10.1. The Kier molecular flexibility index (Phi) is 4.67. The van der Waals surface area contributed by atoms with E-state index in [0.717, 1.165) is 11.3 Å². The minimum atomic E-state index is -0.532. The number of methoxy groups -OCH3 is 1. The summed E-state index contributed by atoms with van der Waals surface area (Å²) in [7, 11) is 3.20. The summed E-state index contributed by atoms with van der Waals surface area (Å²) in [5.41, 5.74) is 2.25. The second-order valence-corrected chi connectivity index (χ2v) is 4.68. The number of carbonyl (C=O) groups excluding carboxylic acids is 1. The van der Waals surface area contributed by atoms with Crippen molar-refractivity contribution in [1.29, 1.82) is 0 Å². The van der Waals surface area contributed by atoms with Gasteiger partial charge in [0.2, 0.25) is 0 Å². The van der Waals surface area contributed by atoms with Crippen LogP contribution < -0.4 is 4.90 Å². The number of benzene rings is 1. The van der Waals surface area contributed by atoms with Crippen molar-refractivity contribution in [3.05, 3.63) is 63.8 Å². The van der Waals surface area contributed by atoms with Gasteiger partial charge in [0.15, 0.2) is 6.20 Å². The van der Waals surface area contributed by atoms with Gasteiger partial charge < -0.3 is 19.8 Å². The average molecular weight is 301 g/mol.